The number of esters is 1. The maximum Gasteiger partial charge on any atom is 0.355 e. The fourth-order valence-electron chi connectivity index (χ4n) is 4.09. The minimum absolute atomic E-state index is 0.0127. The van der Waals surface area contributed by atoms with Crippen LogP contribution in [0.3, 0.4) is 0 Å². The van der Waals surface area contributed by atoms with Gasteiger partial charge in [-0.25, -0.2) is 13.2 Å². The summed E-state index contributed by atoms with van der Waals surface area (Å²) in [6.07, 6.45) is 0. The van der Waals surface area contributed by atoms with Crippen molar-refractivity contribution >= 4 is 21.8 Å². The summed E-state index contributed by atoms with van der Waals surface area (Å²) in [4.78, 5) is 27.2. The SMILES string of the molecule is CCOC(=O)c1[nH]c(C)c(CN(Cc2ccc3c(c2)OCO3)S(=O)(=O)c2ccc(C(C)=O)cc2)c1C. The van der Waals surface area contributed by atoms with Crippen molar-refractivity contribution < 1.29 is 32.2 Å². The molecular formula is C26H28N2O7S. The number of aromatic amines is 1. The first-order chi connectivity index (χ1) is 17.1. The molecule has 0 fully saturated rings. The Bertz CT molecular complexity index is 1410. The zero-order valence-electron chi connectivity index (χ0n) is 20.6. The van der Waals surface area contributed by atoms with Gasteiger partial charge >= 0.3 is 5.97 Å². The van der Waals surface area contributed by atoms with Crippen LogP contribution in [0.5, 0.6) is 11.5 Å². The van der Waals surface area contributed by atoms with Crippen molar-refractivity contribution in [1.82, 2.24) is 9.29 Å². The predicted molar refractivity (Wildman–Crippen MR) is 132 cm³/mol. The highest BCUT2D eigenvalue weighted by Gasteiger charge is 2.29. The van der Waals surface area contributed by atoms with Gasteiger partial charge in [0.05, 0.1) is 11.5 Å². The summed E-state index contributed by atoms with van der Waals surface area (Å²) in [5.41, 5.74) is 3.42. The number of rotatable bonds is 9. The van der Waals surface area contributed by atoms with Gasteiger partial charge in [0, 0.05) is 24.3 Å². The summed E-state index contributed by atoms with van der Waals surface area (Å²) in [5, 5.41) is 0. The largest absolute Gasteiger partial charge is 0.461 e. The summed E-state index contributed by atoms with van der Waals surface area (Å²) >= 11 is 0. The Balaban J connectivity index is 1.73. The molecular weight excluding hydrogens is 484 g/mol. The second-order valence-electron chi connectivity index (χ2n) is 8.49. The van der Waals surface area contributed by atoms with Crippen LogP contribution in [0.15, 0.2) is 47.4 Å². The summed E-state index contributed by atoms with van der Waals surface area (Å²) < 4.78 is 44.9. The standard InChI is InChI=1S/C26H28N2O7S/c1-5-33-26(30)25-16(2)22(17(3)27-25)14-28(13-19-6-11-23-24(12-19)35-15-34-23)36(31,32)21-9-7-20(8-10-21)18(4)29/h6-12,27H,5,13-15H2,1-4H3. The Morgan fingerprint density at radius 3 is 2.39 bits per heavy atom. The smallest absolute Gasteiger partial charge is 0.355 e. The number of aromatic nitrogens is 1. The molecule has 1 aliphatic rings. The van der Waals surface area contributed by atoms with Gasteiger partial charge in [0.2, 0.25) is 16.8 Å². The number of Topliss-reactive ketones (excluding diaryl/α,β-unsaturated/α-hetero) is 1. The third-order valence-corrected chi connectivity index (χ3v) is 7.91. The normalized spacial score (nSPS) is 12.7. The lowest BCUT2D eigenvalue weighted by Crippen LogP contribution is -2.30. The predicted octanol–water partition coefficient (Wildman–Crippen LogP) is 4.13. The van der Waals surface area contributed by atoms with Crippen LogP contribution in [0.4, 0.5) is 0 Å². The van der Waals surface area contributed by atoms with Crippen molar-refractivity contribution in [3.63, 3.8) is 0 Å². The van der Waals surface area contributed by atoms with Crippen LogP contribution in [0.25, 0.3) is 0 Å². The Kier molecular flexibility index (Phi) is 7.18. The van der Waals surface area contributed by atoms with Crippen molar-refractivity contribution in [3.05, 3.63) is 76.1 Å². The monoisotopic (exact) mass is 512 g/mol. The van der Waals surface area contributed by atoms with E-state index in [0.29, 0.717) is 45.1 Å². The Morgan fingerprint density at radius 1 is 1.03 bits per heavy atom. The summed E-state index contributed by atoms with van der Waals surface area (Å²) in [6.45, 7) is 7.10. The number of H-pyrrole nitrogens is 1. The van der Waals surface area contributed by atoms with Gasteiger partial charge in [-0.15, -0.1) is 0 Å². The highest BCUT2D eigenvalue weighted by atomic mass is 32.2. The molecule has 36 heavy (non-hydrogen) atoms. The Labute approximate surface area is 210 Å². The van der Waals surface area contributed by atoms with E-state index in [2.05, 4.69) is 4.98 Å². The minimum atomic E-state index is -3.99. The third kappa shape index (κ3) is 5.00. The molecule has 1 aliphatic heterocycles. The fourth-order valence-corrected chi connectivity index (χ4v) is 5.49. The maximum absolute atomic E-state index is 13.8. The molecule has 0 saturated heterocycles. The van der Waals surface area contributed by atoms with E-state index in [9.17, 15) is 18.0 Å². The van der Waals surface area contributed by atoms with E-state index >= 15 is 0 Å². The second-order valence-corrected chi connectivity index (χ2v) is 10.4. The van der Waals surface area contributed by atoms with Crippen molar-refractivity contribution in [2.24, 2.45) is 0 Å². The van der Waals surface area contributed by atoms with Gasteiger partial charge in [0.25, 0.3) is 0 Å². The molecule has 190 valence electrons. The van der Waals surface area contributed by atoms with E-state index < -0.39 is 16.0 Å². The molecule has 0 saturated carbocycles. The Morgan fingerprint density at radius 2 is 1.72 bits per heavy atom. The van der Waals surface area contributed by atoms with Crippen LogP contribution in [0.2, 0.25) is 0 Å². The number of hydrogen-bond acceptors (Lipinski definition) is 7. The number of aryl methyl sites for hydroxylation is 1. The number of nitrogens with one attached hydrogen (secondary N) is 1. The van der Waals surface area contributed by atoms with Crippen LogP contribution in [-0.2, 0) is 27.8 Å². The average molecular weight is 513 g/mol. The lowest BCUT2D eigenvalue weighted by atomic mass is 10.1. The third-order valence-electron chi connectivity index (χ3n) is 6.10. The molecule has 10 heteroatoms. The van der Waals surface area contributed by atoms with Crippen molar-refractivity contribution in [2.45, 2.75) is 45.7 Å². The number of carbonyl (C=O) groups is 2. The molecule has 0 radical (unpaired) electrons. The average Bonchev–Trinajstić information content (AvgIpc) is 3.43. The van der Waals surface area contributed by atoms with E-state index in [1.807, 2.05) is 0 Å². The first kappa shape index (κ1) is 25.5. The lowest BCUT2D eigenvalue weighted by Gasteiger charge is -2.23. The minimum Gasteiger partial charge on any atom is -0.461 e. The van der Waals surface area contributed by atoms with Crippen LogP contribution in [0, 0.1) is 13.8 Å². The summed E-state index contributed by atoms with van der Waals surface area (Å²) in [7, 11) is -3.99. The molecule has 0 bridgehead atoms. The molecule has 0 unspecified atom stereocenters. The van der Waals surface area contributed by atoms with Gasteiger partial charge < -0.3 is 19.2 Å². The van der Waals surface area contributed by atoms with E-state index in [-0.39, 0.29) is 37.2 Å². The fraction of sp³-hybridized carbons (Fsp3) is 0.308. The molecule has 0 amide bonds. The van der Waals surface area contributed by atoms with E-state index in [1.165, 1.54) is 35.5 Å². The number of carbonyl (C=O) groups excluding carboxylic acids is 2. The highest BCUT2D eigenvalue weighted by Crippen LogP contribution is 2.34. The topological polar surface area (TPSA) is 115 Å². The number of hydrogen-bond donors (Lipinski definition) is 1. The molecule has 1 N–H and O–H groups in total. The number of nitrogens with zero attached hydrogens (tertiary/aromatic N) is 1. The molecule has 4 rings (SSSR count). The molecule has 0 spiro atoms. The summed E-state index contributed by atoms with van der Waals surface area (Å²) in [6, 6.07) is 11.1. The maximum atomic E-state index is 13.8. The van der Waals surface area contributed by atoms with Gasteiger partial charge in [-0.05, 0) is 68.7 Å². The van der Waals surface area contributed by atoms with E-state index in [0.717, 1.165) is 0 Å². The second kappa shape index (κ2) is 10.2. The number of ether oxygens (including phenoxy) is 3. The molecule has 2 aromatic carbocycles. The van der Waals surface area contributed by atoms with Crippen LogP contribution in [0.1, 0.15) is 57.1 Å². The molecule has 9 nitrogen and oxygen atoms in total. The van der Waals surface area contributed by atoms with Crippen LogP contribution < -0.4 is 9.47 Å². The molecule has 0 aliphatic carbocycles. The van der Waals surface area contributed by atoms with Crippen molar-refractivity contribution in [2.75, 3.05) is 13.4 Å². The first-order valence-electron chi connectivity index (χ1n) is 11.5. The van der Waals surface area contributed by atoms with Gasteiger partial charge in [-0.3, -0.25) is 4.79 Å². The number of fused-ring (bicyclic) bond motifs is 1. The van der Waals surface area contributed by atoms with E-state index in [1.54, 1.807) is 39.0 Å². The first-order valence-corrected chi connectivity index (χ1v) is 12.9. The summed E-state index contributed by atoms with van der Waals surface area (Å²) in [5.74, 6) is 0.509. The quantitative estimate of drug-likeness (QED) is 0.339. The zero-order chi connectivity index (χ0) is 26.0. The molecule has 3 aromatic rings. The van der Waals surface area contributed by atoms with Crippen LogP contribution >= 0.6 is 0 Å². The number of benzene rings is 2. The van der Waals surface area contributed by atoms with Gasteiger partial charge in [0.1, 0.15) is 5.69 Å². The van der Waals surface area contributed by atoms with E-state index in [4.69, 9.17) is 14.2 Å². The number of ketones is 1. The highest BCUT2D eigenvalue weighted by molar-refractivity contribution is 7.89. The van der Waals surface area contributed by atoms with Crippen LogP contribution in [-0.4, -0.2) is 42.9 Å². The number of sulfonamides is 1. The molecule has 1 aromatic heterocycles. The lowest BCUT2D eigenvalue weighted by molar-refractivity contribution is 0.0519. The molecule has 2 heterocycles. The van der Waals surface area contributed by atoms with Gasteiger partial charge in [-0.1, -0.05) is 18.2 Å². The Hall–Kier alpha value is -3.63. The van der Waals surface area contributed by atoms with Gasteiger partial charge in [-0.2, -0.15) is 4.31 Å². The molecule has 0 atom stereocenters. The zero-order valence-corrected chi connectivity index (χ0v) is 21.4. The van der Waals surface area contributed by atoms with Crippen molar-refractivity contribution in [3.8, 4) is 11.5 Å². The van der Waals surface area contributed by atoms with Crippen molar-refractivity contribution in [1.29, 1.82) is 0 Å². The van der Waals surface area contributed by atoms with Gasteiger partial charge in [0.15, 0.2) is 17.3 Å².